The molecule has 0 radical (unpaired) electrons. The minimum absolute atomic E-state index is 0.0326. The van der Waals surface area contributed by atoms with Crippen LogP contribution in [0.4, 0.5) is 0 Å². The number of ether oxygens (including phenoxy) is 1. The van der Waals surface area contributed by atoms with E-state index in [9.17, 15) is 4.79 Å². The zero-order chi connectivity index (χ0) is 21.5. The lowest BCUT2D eigenvalue weighted by Crippen LogP contribution is -2.25. The number of carbonyl (C=O) groups excluding carboxylic acids is 1. The first kappa shape index (κ1) is 21.4. The normalized spacial score (nSPS) is 14.5. The molecule has 1 heterocycles. The average molecular weight is 432 g/mol. The van der Waals surface area contributed by atoms with Crippen molar-refractivity contribution in [2.75, 3.05) is 26.2 Å². The summed E-state index contributed by atoms with van der Waals surface area (Å²) in [5, 5.41) is 0.643. The monoisotopic (exact) mass is 431 g/mol. The molecule has 0 saturated carbocycles. The van der Waals surface area contributed by atoms with E-state index in [1.54, 1.807) is 0 Å². The highest BCUT2D eigenvalue weighted by atomic mass is 35.5. The summed E-state index contributed by atoms with van der Waals surface area (Å²) < 4.78 is 5.87. The first-order chi connectivity index (χ1) is 15.2. The van der Waals surface area contributed by atoms with Crippen molar-refractivity contribution in [1.82, 2.24) is 4.90 Å². The van der Waals surface area contributed by atoms with E-state index < -0.39 is 0 Å². The molecule has 0 N–H and O–H groups in total. The predicted molar refractivity (Wildman–Crippen MR) is 128 cm³/mol. The van der Waals surface area contributed by atoms with Gasteiger partial charge in [-0.05, 0) is 79.5 Å². The Balaban J connectivity index is 1.51. The number of ketones is 1. The maximum Gasteiger partial charge on any atom is 0.193 e. The van der Waals surface area contributed by atoms with E-state index in [-0.39, 0.29) is 5.78 Å². The van der Waals surface area contributed by atoms with E-state index in [0.29, 0.717) is 22.8 Å². The molecule has 1 aliphatic heterocycles. The van der Waals surface area contributed by atoms with Crippen LogP contribution in [0.25, 0.3) is 11.6 Å². The molecule has 0 aliphatic carbocycles. The fraction of sp³-hybridized carbons (Fsp3) is 0.222. The van der Waals surface area contributed by atoms with Gasteiger partial charge in [0, 0.05) is 22.7 Å². The summed E-state index contributed by atoms with van der Waals surface area (Å²) in [6.45, 7) is 3.94. The molecule has 0 spiro atoms. The Morgan fingerprint density at radius 3 is 2.35 bits per heavy atom. The fourth-order valence-electron chi connectivity index (χ4n) is 3.82. The predicted octanol–water partition coefficient (Wildman–Crippen LogP) is 6.24. The summed E-state index contributed by atoms with van der Waals surface area (Å²) in [5.41, 5.74) is 3.02. The number of allylic oxidation sites excluding steroid dienone is 1. The van der Waals surface area contributed by atoms with Crippen molar-refractivity contribution in [3.8, 4) is 5.75 Å². The maximum absolute atomic E-state index is 13.4. The van der Waals surface area contributed by atoms with Gasteiger partial charge in [-0.25, -0.2) is 0 Å². The van der Waals surface area contributed by atoms with Gasteiger partial charge in [0.2, 0.25) is 0 Å². The van der Waals surface area contributed by atoms with Crippen LogP contribution < -0.4 is 4.74 Å². The number of hydrogen-bond acceptors (Lipinski definition) is 3. The largest absolute Gasteiger partial charge is 0.492 e. The lowest BCUT2D eigenvalue weighted by atomic mass is 9.95. The molecule has 0 aromatic heterocycles. The maximum atomic E-state index is 13.4. The lowest BCUT2D eigenvalue weighted by molar-refractivity contribution is 0.105. The molecule has 0 unspecified atom stereocenters. The molecule has 4 rings (SSSR count). The van der Waals surface area contributed by atoms with Gasteiger partial charge in [0.05, 0.1) is 0 Å². The van der Waals surface area contributed by atoms with Crippen LogP contribution in [0.1, 0.15) is 34.3 Å². The summed E-state index contributed by atoms with van der Waals surface area (Å²) in [5.74, 6) is 0.755. The second-order valence-corrected chi connectivity index (χ2v) is 8.17. The zero-order valence-electron chi connectivity index (χ0n) is 17.5. The molecule has 3 nitrogen and oxygen atoms in total. The van der Waals surface area contributed by atoms with E-state index in [4.69, 9.17) is 16.3 Å². The SMILES string of the molecule is O=C(/C(=C/c1cccc(Cl)c1)c1ccccc1)c1ccc(OCCN2CCCC2)cc1. The lowest BCUT2D eigenvalue weighted by Gasteiger charge is -2.15. The Morgan fingerprint density at radius 1 is 0.903 bits per heavy atom. The van der Waals surface area contributed by atoms with Gasteiger partial charge in [0.15, 0.2) is 5.78 Å². The molecular weight excluding hydrogens is 406 g/mol. The second-order valence-electron chi connectivity index (χ2n) is 7.73. The highest BCUT2D eigenvalue weighted by Crippen LogP contribution is 2.25. The number of carbonyl (C=O) groups is 1. The van der Waals surface area contributed by atoms with Gasteiger partial charge in [-0.15, -0.1) is 0 Å². The quantitative estimate of drug-likeness (QED) is 0.240. The van der Waals surface area contributed by atoms with Crippen molar-refractivity contribution in [1.29, 1.82) is 0 Å². The molecule has 1 fully saturated rings. The third-order valence-corrected chi connectivity index (χ3v) is 5.72. The van der Waals surface area contributed by atoms with Crippen molar-refractivity contribution >= 4 is 29.0 Å². The average Bonchev–Trinajstić information content (AvgIpc) is 3.32. The first-order valence-electron chi connectivity index (χ1n) is 10.7. The van der Waals surface area contributed by atoms with Gasteiger partial charge < -0.3 is 4.74 Å². The van der Waals surface area contributed by atoms with E-state index >= 15 is 0 Å². The highest BCUT2D eigenvalue weighted by Gasteiger charge is 2.15. The van der Waals surface area contributed by atoms with Gasteiger partial charge in [-0.1, -0.05) is 54.1 Å². The summed E-state index contributed by atoms with van der Waals surface area (Å²) in [6.07, 6.45) is 4.45. The second kappa shape index (κ2) is 10.4. The molecule has 4 heteroatoms. The fourth-order valence-corrected chi connectivity index (χ4v) is 4.02. The smallest absolute Gasteiger partial charge is 0.193 e. The topological polar surface area (TPSA) is 29.5 Å². The van der Waals surface area contributed by atoms with Gasteiger partial charge in [0.25, 0.3) is 0 Å². The number of benzene rings is 3. The third kappa shape index (κ3) is 5.84. The van der Waals surface area contributed by atoms with E-state index in [1.165, 1.54) is 12.8 Å². The van der Waals surface area contributed by atoms with Crippen LogP contribution in [0.5, 0.6) is 5.75 Å². The number of rotatable bonds is 8. The van der Waals surface area contributed by atoms with Crippen LogP contribution in [-0.4, -0.2) is 36.9 Å². The number of halogens is 1. The summed E-state index contributed by atoms with van der Waals surface area (Å²) in [7, 11) is 0. The van der Waals surface area contributed by atoms with Gasteiger partial charge in [-0.2, -0.15) is 0 Å². The number of likely N-dealkylation sites (tertiary alicyclic amines) is 1. The molecular formula is C27H26ClNO2. The molecule has 1 saturated heterocycles. The summed E-state index contributed by atoms with van der Waals surface area (Å²) in [6, 6.07) is 24.6. The Morgan fingerprint density at radius 2 is 1.65 bits per heavy atom. The molecule has 3 aromatic carbocycles. The Labute approximate surface area is 188 Å². The van der Waals surface area contributed by atoms with Crippen molar-refractivity contribution in [2.45, 2.75) is 12.8 Å². The van der Waals surface area contributed by atoms with Crippen LogP contribution in [0, 0.1) is 0 Å². The van der Waals surface area contributed by atoms with E-state index in [1.807, 2.05) is 84.9 Å². The van der Waals surface area contributed by atoms with Crippen molar-refractivity contribution in [3.63, 3.8) is 0 Å². The van der Waals surface area contributed by atoms with E-state index in [0.717, 1.165) is 36.5 Å². The van der Waals surface area contributed by atoms with Crippen LogP contribution >= 0.6 is 11.6 Å². The minimum Gasteiger partial charge on any atom is -0.492 e. The van der Waals surface area contributed by atoms with Crippen LogP contribution in [0.2, 0.25) is 5.02 Å². The van der Waals surface area contributed by atoms with Crippen LogP contribution in [0.3, 0.4) is 0 Å². The Kier molecular flexibility index (Phi) is 7.18. The van der Waals surface area contributed by atoms with Crippen molar-refractivity contribution in [3.05, 3.63) is 101 Å². The van der Waals surface area contributed by atoms with Crippen molar-refractivity contribution < 1.29 is 9.53 Å². The van der Waals surface area contributed by atoms with Gasteiger partial charge >= 0.3 is 0 Å². The zero-order valence-corrected chi connectivity index (χ0v) is 18.2. The molecule has 0 bridgehead atoms. The standard InChI is InChI=1S/C27H26ClNO2/c28-24-10-6-7-21(19-24)20-26(22-8-2-1-3-9-22)27(30)23-11-13-25(14-12-23)31-18-17-29-15-4-5-16-29/h1-3,6-14,19-20H,4-5,15-18H2/b26-20+. The molecule has 0 amide bonds. The number of hydrogen-bond donors (Lipinski definition) is 0. The van der Waals surface area contributed by atoms with Gasteiger partial charge in [-0.3, -0.25) is 9.69 Å². The molecule has 158 valence electrons. The van der Waals surface area contributed by atoms with Crippen molar-refractivity contribution in [2.24, 2.45) is 0 Å². The summed E-state index contributed by atoms with van der Waals surface area (Å²) in [4.78, 5) is 15.8. The molecule has 31 heavy (non-hydrogen) atoms. The van der Waals surface area contributed by atoms with Gasteiger partial charge in [0.1, 0.15) is 12.4 Å². The highest BCUT2D eigenvalue weighted by molar-refractivity contribution is 6.33. The molecule has 1 aliphatic rings. The Hall–Kier alpha value is -2.88. The number of nitrogens with zero attached hydrogens (tertiary/aromatic N) is 1. The van der Waals surface area contributed by atoms with Crippen LogP contribution in [-0.2, 0) is 0 Å². The summed E-state index contributed by atoms with van der Waals surface area (Å²) >= 11 is 6.14. The van der Waals surface area contributed by atoms with Crippen LogP contribution in [0.15, 0.2) is 78.9 Å². The molecule has 3 aromatic rings. The third-order valence-electron chi connectivity index (χ3n) is 5.48. The minimum atomic E-state index is -0.0326. The first-order valence-corrected chi connectivity index (χ1v) is 11.1. The molecule has 0 atom stereocenters. The Bertz CT molecular complexity index is 1040. The number of Topliss-reactive ketones (excluding diaryl/α,β-unsaturated/α-hetero) is 1. The van der Waals surface area contributed by atoms with E-state index in [2.05, 4.69) is 4.90 Å².